The van der Waals surface area contributed by atoms with Gasteiger partial charge in [-0.1, -0.05) is 48.9 Å². The van der Waals surface area contributed by atoms with Crippen LogP contribution in [0.15, 0.2) is 59.5 Å². The first-order valence-electron chi connectivity index (χ1n) is 10.2. The van der Waals surface area contributed by atoms with Crippen LogP contribution in [-0.4, -0.2) is 37.6 Å². The predicted molar refractivity (Wildman–Crippen MR) is 114 cm³/mol. The van der Waals surface area contributed by atoms with Crippen LogP contribution >= 0.6 is 0 Å². The molecule has 1 fully saturated rings. The number of benzene rings is 2. The number of sulfonamides is 1. The summed E-state index contributed by atoms with van der Waals surface area (Å²) < 4.78 is 26.9. The molecule has 3 rings (SSSR count). The molecule has 2 aromatic carbocycles. The third-order valence-corrected chi connectivity index (χ3v) is 6.98. The van der Waals surface area contributed by atoms with Gasteiger partial charge < -0.3 is 0 Å². The summed E-state index contributed by atoms with van der Waals surface area (Å²) in [5, 5.41) is 0. The number of hydrogen-bond acceptors (Lipinski definition) is 4. The van der Waals surface area contributed by atoms with Gasteiger partial charge in [0, 0.05) is 19.5 Å². The van der Waals surface area contributed by atoms with Gasteiger partial charge in [0.1, 0.15) is 0 Å². The Bertz CT molecular complexity index is 954. The van der Waals surface area contributed by atoms with Crippen LogP contribution in [0.2, 0.25) is 0 Å². The van der Waals surface area contributed by atoms with E-state index in [1.165, 1.54) is 4.31 Å². The summed E-state index contributed by atoms with van der Waals surface area (Å²) in [5.41, 5.74) is 6.54. The van der Waals surface area contributed by atoms with E-state index in [2.05, 4.69) is 10.9 Å². The molecule has 0 atom stereocenters. The van der Waals surface area contributed by atoms with Crippen LogP contribution in [0.3, 0.4) is 0 Å². The average Bonchev–Trinajstić information content (AvgIpc) is 2.78. The fourth-order valence-corrected chi connectivity index (χ4v) is 4.88. The Kier molecular flexibility index (Phi) is 7.59. The minimum absolute atomic E-state index is 0.184. The molecule has 0 unspecified atom stereocenters. The van der Waals surface area contributed by atoms with Crippen LogP contribution in [0.4, 0.5) is 0 Å². The van der Waals surface area contributed by atoms with Crippen LogP contribution in [0.5, 0.6) is 0 Å². The Morgan fingerprint density at radius 3 is 2.10 bits per heavy atom. The van der Waals surface area contributed by atoms with Crippen molar-refractivity contribution in [1.29, 1.82) is 0 Å². The molecular formula is C22H27N3O4S. The Morgan fingerprint density at radius 2 is 1.43 bits per heavy atom. The van der Waals surface area contributed by atoms with E-state index in [4.69, 9.17) is 0 Å². The molecule has 2 N–H and O–H groups in total. The lowest BCUT2D eigenvalue weighted by Gasteiger charge is -2.25. The molecule has 2 amide bonds. The van der Waals surface area contributed by atoms with Crippen molar-refractivity contribution in [2.45, 2.75) is 43.4 Å². The van der Waals surface area contributed by atoms with Crippen LogP contribution in [0, 0.1) is 0 Å². The van der Waals surface area contributed by atoms with E-state index in [9.17, 15) is 18.0 Å². The monoisotopic (exact) mass is 429 g/mol. The molecule has 1 saturated heterocycles. The van der Waals surface area contributed by atoms with Crippen LogP contribution in [-0.2, 0) is 32.5 Å². The number of aryl methyl sites for hydroxylation is 1. The second-order valence-corrected chi connectivity index (χ2v) is 9.31. The predicted octanol–water partition coefficient (Wildman–Crippen LogP) is 2.18. The Balaban J connectivity index is 1.44. The fraction of sp³-hybridized carbons (Fsp3) is 0.364. The molecule has 1 aliphatic heterocycles. The van der Waals surface area contributed by atoms with Crippen molar-refractivity contribution in [2.24, 2.45) is 0 Å². The van der Waals surface area contributed by atoms with Gasteiger partial charge in [0.25, 0.3) is 0 Å². The number of piperidine rings is 1. The maximum Gasteiger partial charge on any atom is 0.243 e. The van der Waals surface area contributed by atoms with Crippen LogP contribution in [0.25, 0.3) is 0 Å². The van der Waals surface area contributed by atoms with Gasteiger partial charge in [-0.25, -0.2) is 8.42 Å². The zero-order chi connectivity index (χ0) is 21.4. The van der Waals surface area contributed by atoms with Crippen molar-refractivity contribution in [1.82, 2.24) is 15.2 Å². The smallest absolute Gasteiger partial charge is 0.243 e. The van der Waals surface area contributed by atoms with E-state index in [-0.39, 0.29) is 29.6 Å². The van der Waals surface area contributed by atoms with E-state index in [0.29, 0.717) is 19.5 Å². The third kappa shape index (κ3) is 6.14. The summed E-state index contributed by atoms with van der Waals surface area (Å²) in [4.78, 5) is 24.1. The Morgan fingerprint density at radius 1 is 0.800 bits per heavy atom. The van der Waals surface area contributed by atoms with Gasteiger partial charge in [-0.3, -0.25) is 20.4 Å². The molecule has 0 spiro atoms. The summed E-state index contributed by atoms with van der Waals surface area (Å²) in [7, 11) is -3.45. The zero-order valence-electron chi connectivity index (χ0n) is 16.8. The average molecular weight is 430 g/mol. The van der Waals surface area contributed by atoms with Crippen LogP contribution < -0.4 is 10.9 Å². The van der Waals surface area contributed by atoms with Crippen molar-refractivity contribution in [2.75, 3.05) is 13.1 Å². The molecular weight excluding hydrogens is 402 g/mol. The fourth-order valence-electron chi connectivity index (χ4n) is 3.37. The maximum absolute atomic E-state index is 12.7. The lowest BCUT2D eigenvalue weighted by molar-refractivity contribution is -0.128. The first-order valence-corrected chi connectivity index (χ1v) is 11.6. The lowest BCUT2D eigenvalue weighted by atomic mass is 10.1. The first kappa shape index (κ1) is 22.0. The van der Waals surface area contributed by atoms with Crippen molar-refractivity contribution in [3.05, 3.63) is 65.7 Å². The molecule has 0 radical (unpaired) electrons. The zero-order valence-corrected chi connectivity index (χ0v) is 17.7. The number of amides is 2. The van der Waals surface area contributed by atoms with Gasteiger partial charge >= 0.3 is 0 Å². The van der Waals surface area contributed by atoms with Gasteiger partial charge in [0.15, 0.2) is 0 Å². The van der Waals surface area contributed by atoms with E-state index in [0.717, 1.165) is 30.4 Å². The van der Waals surface area contributed by atoms with Crippen molar-refractivity contribution < 1.29 is 18.0 Å². The number of carbonyl (C=O) groups is 2. The van der Waals surface area contributed by atoms with Crippen molar-refractivity contribution in [3.63, 3.8) is 0 Å². The van der Waals surface area contributed by atoms with Gasteiger partial charge in [0.05, 0.1) is 11.3 Å². The van der Waals surface area contributed by atoms with Gasteiger partial charge in [-0.05, 0) is 42.5 Å². The second kappa shape index (κ2) is 10.4. The highest BCUT2D eigenvalue weighted by Crippen LogP contribution is 2.21. The Hall–Kier alpha value is -2.71. The summed E-state index contributed by atoms with van der Waals surface area (Å²) >= 11 is 0. The minimum Gasteiger partial charge on any atom is -0.273 e. The molecule has 7 nitrogen and oxygen atoms in total. The molecule has 160 valence electrons. The van der Waals surface area contributed by atoms with E-state index in [1.54, 1.807) is 24.3 Å². The largest absolute Gasteiger partial charge is 0.273 e. The van der Waals surface area contributed by atoms with Gasteiger partial charge in [0.2, 0.25) is 21.8 Å². The maximum atomic E-state index is 12.7. The van der Waals surface area contributed by atoms with E-state index < -0.39 is 10.0 Å². The van der Waals surface area contributed by atoms with Crippen molar-refractivity contribution in [3.8, 4) is 0 Å². The van der Waals surface area contributed by atoms with E-state index >= 15 is 0 Å². The Labute approximate surface area is 177 Å². The highest BCUT2D eigenvalue weighted by Gasteiger charge is 2.25. The lowest BCUT2D eigenvalue weighted by Crippen LogP contribution is -2.42. The standard InChI is InChI=1S/C22H27N3O4S/c26-21(23-24-22(27)17-19-7-3-1-4-8-19)14-11-18-9-12-20(13-10-18)30(28,29)25-15-5-2-6-16-25/h1,3-4,7-10,12-13H,2,5-6,11,14-17H2,(H,23,26)(H,24,27). The summed E-state index contributed by atoms with van der Waals surface area (Å²) in [5.74, 6) is -0.594. The third-order valence-electron chi connectivity index (χ3n) is 5.07. The highest BCUT2D eigenvalue weighted by molar-refractivity contribution is 7.89. The van der Waals surface area contributed by atoms with Crippen LogP contribution in [0.1, 0.15) is 36.8 Å². The quantitative estimate of drug-likeness (QED) is 0.660. The molecule has 1 aliphatic rings. The molecule has 0 aliphatic carbocycles. The molecule has 0 aromatic heterocycles. The topological polar surface area (TPSA) is 95.6 Å². The second-order valence-electron chi connectivity index (χ2n) is 7.37. The number of rotatable bonds is 7. The number of nitrogens with zero attached hydrogens (tertiary/aromatic N) is 1. The molecule has 8 heteroatoms. The number of carbonyl (C=O) groups excluding carboxylic acids is 2. The van der Waals surface area contributed by atoms with E-state index in [1.807, 2.05) is 30.3 Å². The SMILES string of the molecule is O=C(CCc1ccc(S(=O)(=O)N2CCCCC2)cc1)NNC(=O)Cc1ccccc1. The summed E-state index contributed by atoms with van der Waals surface area (Å²) in [6.07, 6.45) is 3.69. The van der Waals surface area contributed by atoms with Gasteiger partial charge in [-0.15, -0.1) is 0 Å². The number of nitrogens with one attached hydrogen (secondary N) is 2. The molecule has 0 saturated carbocycles. The first-order chi connectivity index (χ1) is 14.4. The summed E-state index contributed by atoms with van der Waals surface area (Å²) in [6.45, 7) is 1.14. The minimum atomic E-state index is -3.45. The molecule has 1 heterocycles. The number of hydrazine groups is 1. The normalized spacial score (nSPS) is 14.8. The highest BCUT2D eigenvalue weighted by atomic mass is 32.2. The molecule has 0 bridgehead atoms. The molecule has 30 heavy (non-hydrogen) atoms. The summed E-state index contributed by atoms with van der Waals surface area (Å²) in [6, 6.07) is 15.9. The van der Waals surface area contributed by atoms with Gasteiger partial charge in [-0.2, -0.15) is 4.31 Å². The van der Waals surface area contributed by atoms with Crippen molar-refractivity contribution >= 4 is 21.8 Å². The number of hydrogen-bond donors (Lipinski definition) is 2. The molecule has 2 aromatic rings.